The van der Waals surface area contributed by atoms with Gasteiger partial charge in [0, 0.05) is 13.1 Å². The molecule has 0 spiro atoms. The van der Waals surface area contributed by atoms with Gasteiger partial charge in [0.1, 0.15) is 11.4 Å². The van der Waals surface area contributed by atoms with Crippen molar-refractivity contribution in [1.82, 2.24) is 0 Å². The molecule has 0 aliphatic rings. The van der Waals surface area contributed by atoms with Crippen LogP contribution >= 0.6 is 0 Å². The van der Waals surface area contributed by atoms with E-state index in [1.807, 2.05) is 0 Å². The van der Waals surface area contributed by atoms with Crippen molar-refractivity contribution in [2.45, 2.75) is 26.4 Å². The van der Waals surface area contributed by atoms with E-state index in [1.165, 1.54) is 17.0 Å². The van der Waals surface area contributed by atoms with Crippen molar-refractivity contribution in [3.63, 3.8) is 0 Å². The van der Waals surface area contributed by atoms with Crippen molar-refractivity contribution in [1.29, 1.82) is 0 Å². The molecule has 0 aliphatic heterocycles. The Hall–Kier alpha value is -1.76. The maximum Gasteiger partial charge on any atom is 0.338 e. The highest BCUT2D eigenvalue weighted by Gasteiger charge is 2.20. The molecule has 0 bridgehead atoms. The quantitative estimate of drug-likeness (QED) is 0.382. The zero-order chi connectivity index (χ0) is 22.5. The van der Waals surface area contributed by atoms with Crippen LogP contribution in [0.5, 0.6) is 0 Å². The topological polar surface area (TPSA) is 116 Å². The summed E-state index contributed by atoms with van der Waals surface area (Å²) >= 11 is 0. The Morgan fingerprint density at radius 2 is 1.48 bits per heavy atom. The van der Waals surface area contributed by atoms with E-state index in [2.05, 4.69) is 8.37 Å². The Bertz CT molecular complexity index is 885. The molecule has 9 nitrogen and oxygen atoms in total. The molecule has 0 unspecified atom stereocenters. The van der Waals surface area contributed by atoms with Crippen LogP contribution in [0.3, 0.4) is 0 Å². The van der Waals surface area contributed by atoms with E-state index in [-0.39, 0.29) is 37.6 Å². The average Bonchev–Trinajstić information content (AvgIpc) is 2.49. The number of hydrogen-bond donors (Lipinski definition) is 0. The molecule has 12 heteroatoms. The molecule has 0 aliphatic carbocycles. The van der Waals surface area contributed by atoms with Gasteiger partial charge in [-0.15, -0.1) is 0 Å². The first kappa shape index (κ1) is 25.3. The molecule has 1 aromatic rings. The molecule has 0 fully saturated rings. The zero-order valence-electron chi connectivity index (χ0n) is 17.0. The Morgan fingerprint density at radius 1 is 1.00 bits per heavy atom. The number of nitrogens with zero attached hydrogens (tertiary/aromatic N) is 1. The molecule has 0 saturated heterocycles. The highest BCUT2D eigenvalue weighted by atomic mass is 32.2. The summed E-state index contributed by atoms with van der Waals surface area (Å²) in [4.78, 5) is 13.4. The predicted molar refractivity (Wildman–Crippen MR) is 105 cm³/mol. The standard InChI is InChI=1S/C17H26FNO8S2/c1-17(2,3)27-16(20)13-6-7-15(14(18)12-13)19(8-10-25-28(4,21)22)9-11-26-29(5,23)24/h6-7,12H,8-11H2,1-5H3. The Balaban J connectivity index is 3.01. The van der Waals surface area contributed by atoms with E-state index in [4.69, 9.17) is 4.74 Å². The third kappa shape index (κ3) is 10.5. The van der Waals surface area contributed by atoms with Crippen molar-refractivity contribution < 1.29 is 39.1 Å². The van der Waals surface area contributed by atoms with Gasteiger partial charge >= 0.3 is 5.97 Å². The zero-order valence-corrected chi connectivity index (χ0v) is 18.6. The monoisotopic (exact) mass is 455 g/mol. The summed E-state index contributed by atoms with van der Waals surface area (Å²) in [6.45, 7) is 4.34. The van der Waals surface area contributed by atoms with Gasteiger partial charge < -0.3 is 9.64 Å². The lowest BCUT2D eigenvalue weighted by Crippen LogP contribution is -2.33. The molecule has 0 atom stereocenters. The van der Waals surface area contributed by atoms with Crippen molar-refractivity contribution in [3.05, 3.63) is 29.6 Å². The first-order valence-electron chi connectivity index (χ1n) is 8.54. The molecular weight excluding hydrogens is 429 g/mol. The second-order valence-corrected chi connectivity index (χ2v) is 10.5. The number of carbonyl (C=O) groups excluding carboxylic acids is 1. The van der Waals surface area contributed by atoms with E-state index in [9.17, 15) is 26.0 Å². The summed E-state index contributed by atoms with van der Waals surface area (Å²) < 4.78 is 73.7. The van der Waals surface area contributed by atoms with E-state index in [0.29, 0.717) is 0 Å². The van der Waals surface area contributed by atoms with Gasteiger partial charge in [-0.3, -0.25) is 8.37 Å². The van der Waals surface area contributed by atoms with Gasteiger partial charge in [0.15, 0.2) is 0 Å². The van der Waals surface area contributed by atoms with Crippen LogP contribution in [-0.2, 0) is 33.3 Å². The Morgan fingerprint density at radius 3 is 1.86 bits per heavy atom. The molecule has 0 radical (unpaired) electrons. The Kier molecular flexibility index (Phi) is 8.57. The van der Waals surface area contributed by atoms with Crippen LogP contribution in [0.1, 0.15) is 31.1 Å². The van der Waals surface area contributed by atoms with E-state index in [1.54, 1.807) is 20.8 Å². The van der Waals surface area contributed by atoms with Crippen LogP contribution in [0, 0.1) is 5.82 Å². The van der Waals surface area contributed by atoms with Crippen LogP contribution in [0.25, 0.3) is 0 Å². The third-order valence-electron chi connectivity index (χ3n) is 3.24. The van der Waals surface area contributed by atoms with Crippen LogP contribution in [0.4, 0.5) is 10.1 Å². The lowest BCUT2D eigenvalue weighted by molar-refractivity contribution is 0.00689. The fourth-order valence-electron chi connectivity index (χ4n) is 2.18. The molecule has 0 saturated carbocycles. The molecule has 166 valence electrons. The van der Waals surface area contributed by atoms with Gasteiger partial charge in [-0.05, 0) is 39.0 Å². The molecule has 0 heterocycles. The highest BCUT2D eigenvalue weighted by molar-refractivity contribution is 7.86. The number of ether oxygens (including phenoxy) is 1. The van der Waals surface area contributed by atoms with Crippen molar-refractivity contribution in [3.8, 4) is 0 Å². The maximum absolute atomic E-state index is 14.6. The van der Waals surface area contributed by atoms with Gasteiger partial charge in [-0.25, -0.2) is 9.18 Å². The lowest BCUT2D eigenvalue weighted by atomic mass is 10.1. The summed E-state index contributed by atoms with van der Waals surface area (Å²) in [7, 11) is -7.40. The number of carbonyl (C=O) groups is 1. The highest BCUT2D eigenvalue weighted by Crippen LogP contribution is 2.22. The van der Waals surface area contributed by atoms with Gasteiger partial charge in [0.25, 0.3) is 20.2 Å². The average molecular weight is 456 g/mol. The molecule has 1 aromatic carbocycles. The fraction of sp³-hybridized carbons (Fsp3) is 0.588. The van der Waals surface area contributed by atoms with Crippen molar-refractivity contribution in [2.75, 3.05) is 43.7 Å². The lowest BCUT2D eigenvalue weighted by Gasteiger charge is -2.25. The largest absolute Gasteiger partial charge is 0.456 e. The Labute approximate surface area is 171 Å². The first-order valence-corrected chi connectivity index (χ1v) is 12.2. The number of hydrogen-bond acceptors (Lipinski definition) is 9. The normalized spacial score (nSPS) is 12.6. The molecule has 0 amide bonds. The number of anilines is 1. The minimum absolute atomic E-state index is 0.000830. The number of benzene rings is 1. The summed E-state index contributed by atoms with van der Waals surface area (Å²) in [5.74, 6) is -1.47. The molecule has 29 heavy (non-hydrogen) atoms. The van der Waals surface area contributed by atoms with Crippen LogP contribution in [0.15, 0.2) is 18.2 Å². The molecule has 0 N–H and O–H groups in total. The fourth-order valence-corrected chi connectivity index (χ4v) is 2.93. The number of rotatable bonds is 10. The van der Waals surface area contributed by atoms with Gasteiger partial charge in [-0.2, -0.15) is 16.8 Å². The van der Waals surface area contributed by atoms with E-state index in [0.717, 1.165) is 18.6 Å². The van der Waals surface area contributed by atoms with Gasteiger partial charge in [-0.1, -0.05) is 0 Å². The van der Waals surface area contributed by atoms with E-state index < -0.39 is 37.6 Å². The van der Waals surface area contributed by atoms with Crippen LogP contribution < -0.4 is 4.90 Å². The van der Waals surface area contributed by atoms with Crippen LogP contribution in [-0.4, -0.2) is 67.2 Å². The maximum atomic E-state index is 14.6. The SMILES string of the molecule is CC(C)(C)OC(=O)c1ccc(N(CCOS(C)(=O)=O)CCOS(C)(=O)=O)c(F)c1. The second kappa shape index (κ2) is 9.83. The van der Waals surface area contributed by atoms with E-state index >= 15 is 0 Å². The number of esters is 1. The predicted octanol–water partition coefficient (Wildman–Crippen LogP) is 1.54. The molecule has 1 rings (SSSR count). The summed E-state index contributed by atoms with van der Waals surface area (Å²) in [5.41, 5.74) is -0.725. The smallest absolute Gasteiger partial charge is 0.338 e. The molecular formula is C17H26FNO8S2. The summed E-state index contributed by atoms with van der Waals surface area (Å²) in [6, 6.07) is 3.66. The number of halogens is 1. The van der Waals surface area contributed by atoms with Crippen molar-refractivity contribution in [2.24, 2.45) is 0 Å². The summed E-state index contributed by atoms with van der Waals surface area (Å²) in [5, 5.41) is 0. The summed E-state index contributed by atoms with van der Waals surface area (Å²) in [6.07, 6.45) is 1.75. The van der Waals surface area contributed by atoms with Gasteiger partial charge in [0.05, 0.1) is 37.0 Å². The van der Waals surface area contributed by atoms with Gasteiger partial charge in [0.2, 0.25) is 0 Å². The second-order valence-electron chi connectivity index (χ2n) is 7.21. The van der Waals surface area contributed by atoms with Crippen LogP contribution in [0.2, 0.25) is 0 Å². The molecule has 0 aromatic heterocycles. The van der Waals surface area contributed by atoms with Crippen molar-refractivity contribution >= 4 is 31.9 Å². The third-order valence-corrected chi connectivity index (χ3v) is 4.43. The first-order chi connectivity index (χ1) is 13.1. The minimum atomic E-state index is -3.70. The minimum Gasteiger partial charge on any atom is -0.456 e.